The van der Waals surface area contributed by atoms with E-state index in [1.807, 2.05) is 0 Å². The molecule has 0 amide bonds. The number of rotatable bonds is 29. The van der Waals surface area contributed by atoms with Gasteiger partial charge in [0.1, 0.15) is 5.60 Å². The summed E-state index contributed by atoms with van der Waals surface area (Å²) in [6, 6.07) is 0. The summed E-state index contributed by atoms with van der Waals surface area (Å²) >= 11 is 0. The predicted molar refractivity (Wildman–Crippen MR) is 212 cm³/mol. The molecule has 0 rings (SSSR count). The summed E-state index contributed by atoms with van der Waals surface area (Å²) < 4.78 is 4.12. The van der Waals surface area contributed by atoms with Gasteiger partial charge in [0.2, 0.25) is 0 Å². The van der Waals surface area contributed by atoms with Gasteiger partial charge in [-0.1, -0.05) is 83.1 Å². The van der Waals surface area contributed by atoms with Gasteiger partial charge in [0.25, 0.3) is 0 Å². The molecule has 0 aromatic carbocycles. The SMILES string of the molecule is CCC[N+](CCC)(CCC)CCC.CCC[N+](CCC)(CCC)CCC.CCC[N+](CCC)(CCC)CCC.O=C([O-])CC(O)(CC(=O)[O-])C(=O)[O-]. The van der Waals surface area contributed by atoms with Gasteiger partial charge in [-0.25, -0.2) is 0 Å². The van der Waals surface area contributed by atoms with Gasteiger partial charge in [-0.3, -0.25) is 0 Å². The number of carboxylic acids is 3. The minimum Gasteiger partial charge on any atom is -0.550 e. The van der Waals surface area contributed by atoms with E-state index in [1.54, 1.807) is 0 Å². The van der Waals surface area contributed by atoms with Crippen LogP contribution in [0.1, 0.15) is 173 Å². The number of hydrogen-bond donors (Lipinski definition) is 1. The zero-order valence-corrected chi connectivity index (χ0v) is 36.6. The van der Waals surface area contributed by atoms with Crippen LogP contribution in [0.4, 0.5) is 0 Å². The van der Waals surface area contributed by atoms with Crippen LogP contribution < -0.4 is 15.3 Å². The molecule has 314 valence electrons. The van der Waals surface area contributed by atoms with E-state index in [0.29, 0.717) is 0 Å². The van der Waals surface area contributed by atoms with Crippen LogP contribution in [-0.2, 0) is 14.4 Å². The van der Waals surface area contributed by atoms with Crippen LogP contribution in [0.2, 0.25) is 0 Å². The lowest BCUT2D eigenvalue weighted by molar-refractivity contribution is -0.928. The van der Waals surface area contributed by atoms with Crippen molar-refractivity contribution in [2.24, 2.45) is 0 Å². The summed E-state index contributed by atoms with van der Waals surface area (Å²) in [5.74, 6) is -5.98. The van der Waals surface area contributed by atoms with Gasteiger partial charge in [-0.05, 0) is 77.0 Å². The standard InChI is InChI=1S/3C12H28N.C6H8O7/c3*1-5-9-13(10-6-2,11-7-3)12-8-4;7-3(8)1-6(13,5(11)12)2-4(9)10/h3*5-12H2,1-4H3;13H,1-2H2,(H,7,8)(H,9,10)(H,11,12)/q3*+1;/p-3. The third-order valence-electron chi connectivity index (χ3n) is 9.63. The molecular weight excluding hydrogens is 658 g/mol. The average Bonchev–Trinajstić information content (AvgIpc) is 3.03. The molecule has 0 aliphatic rings. The fourth-order valence-corrected chi connectivity index (χ4v) is 8.39. The molecular formula is C42H89N3O7. The molecule has 0 bridgehead atoms. The maximum Gasteiger partial charge on any atom is 0.114 e. The molecule has 0 unspecified atom stereocenters. The second-order valence-corrected chi connectivity index (χ2v) is 15.1. The largest absolute Gasteiger partial charge is 0.550 e. The van der Waals surface area contributed by atoms with Crippen molar-refractivity contribution in [3.63, 3.8) is 0 Å². The molecule has 0 aromatic rings. The lowest BCUT2D eigenvalue weighted by atomic mass is 9.96. The predicted octanol–water partition coefficient (Wildman–Crippen LogP) is 5.08. The third-order valence-corrected chi connectivity index (χ3v) is 9.63. The van der Waals surface area contributed by atoms with Gasteiger partial charge in [-0.15, -0.1) is 0 Å². The summed E-state index contributed by atoms with van der Waals surface area (Å²) in [7, 11) is 0. The van der Waals surface area contributed by atoms with Crippen molar-refractivity contribution in [2.45, 2.75) is 179 Å². The van der Waals surface area contributed by atoms with Crippen LogP contribution >= 0.6 is 0 Å². The van der Waals surface area contributed by atoms with Gasteiger partial charge >= 0.3 is 0 Å². The van der Waals surface area contributed by atoms with Crippen molar-refractivity contribution in [3.8, 4) is 0 Å². The first-order valence-corrected chi connectivity index (χ1v) is 21.4. The van der Waals surface area contributed by atoms with Crippen LogP contribution in [0, 0.1) is 0 Å². The Bertz CT molecular complexity index is 682. The summed E-state index contributed by atoms with van der Waals surface area (Å²) in [5.41, 5.74) is -2.97. The Hall–Kier alpha value is -1.75. The second kappa shape index (κ2) is 35.0. The molecule has 0 spiro atoms. The van der Waals surface area contributed by atoms with E-state index in [2.05, 4.69) is 83.1 Å². The van der Waals surface area contributed by atoms with E-state index >= 15 is 0 Å². The maximum atomic E-state index is 10.1. The molecule has 0 heterocycles. The quantitative estimate of drug-likeness (QED) is 0.105. The van der Waals surface area contributed by atoms with Crippen molar-refractivity contribution in [1.82, 2.24) is 0 Å². The van der Waals surface area contributed by atoms with E-state index in [0.717, 1.165) is 0 Å². The Kier molecular flexibility index (Phi) is 38.3. The number of hydrogen-bond acceptors (Lipinski definition) is 7. The fourth-order valence-electron chi connectivity index (χ4n) is 8.39. The van der Waals surface area contributed by atoms with E-state index < -0.39 is 36.4 Å². The van der Waals surface area contributed by atoms with Crippen LogP contribution in [0.25, 0.3) is 0 Å². The third kappa shape index (κ3) is 27.8. The van der Waals surface area contributed by atoms with Crippen molar-refractivity contribution < 1.29 is 48.3 Å². The number of quaternary nitrogens is 3. The molecule has 0 saturated carbocycles. The molecule has 0 aromatic heterocycles. The lowest BCUT2D eigenvalue weighted by Crippen LogP contribution is -2.54. The summed E-state index contributed by atoms with van der Waals surface area (Å²) in [4.78, 5) is 30.0. The Morgan fingerprint density at radius 3 is 0.577 bits per heavy atom. The van der Waals surface area contributed by atoms with Gasteiger partial charge in [0.05, 0.1) is 84.5 Å². The number of carbonyl (C=O) groups excluding carboxylic acids is 3. The fraction of sp³-hybridized carbons (Fsp3) is 0.929. The Labute approximate surface area is 322 Å². The molecule has 0 radical (unpaired) electrons. The normalized spacial score (nSPS) is 11.7. The topological polar surface area (TPSA) is 141 Å². The molecule has 10 heteroatoms. The maximum absolute atomic E-state index is 10.1. The van der Waals surface area contributed by atoms with Gasteiger partial charge < -0.3 is 48.3 Å². The van der Waals surface area contributed by atoms with Crippen molar-refractivity contribution >= 4 is 17.9 Å². The molecule has 0 aliphatic heterocycles. The molecule has 52 heavy (non-hydrogen) atoms. The Morgan fingerprint density at radius 1 is 0.365 bits per heavy atom. The van der Waals surface area contributed by atoms with Crippen LogP contribution in [0.5, 0.6) is 0 Å². The van der Waals surface area contributed by atoms with E-state index in [4.69, 9.17) is 5.11 Å². The van der Waals surface area contributed by atoms with E-state index in [-0.39, 0.29) is 0 Å². The average molecular weight is 748 g/mol. The number of nitrogens with zero attached hydrogens (tertiary/aromatic N) is 3. The minimum atomic E-state index is -2.97. The van der Waals surface area contributed by atoms with E-state index in [9.17, 15) is 29.7 Å². The number of carbonyl (C=O) groups is 3. The zero-order valence-electron chi connectivity index (χ0n) is 36.6. The van der Waals surface area contributed by atoms with Crippen molar-refractivity contribution in [2.75, 3.05) is 78.5 Å². The van der Waals surface area contributed by atoms with Gasteiger partial charge in [-0.2, -0.15) is 0 Å². The monoisotopic (exact) mass is 748 g/mol. The number of carboxylic acid groups (broad SMARTS) is 3. The summed E-state index contributed by atoms with van der Waals surface area (Å²) in [5, 5.41) is 38.9. The molecule has 0 saturated heterocycles. The molecule has 0 atom stereocenters. The molecule has 0 aliphatic carbocycles. The Morgan fingerprint density at radius 2 is 0.500 bits per heavy atom. The second-order valence-electron chi connectivity index (χ2n) is 15.1. The highest BCUT2D eigenvalue weighted by Crippen LogP contribution is 2.15. The number of aliphatic hydroxyl groups is 1. The highest BCUT2D eigenvalue weighted by Gasteiger charge is 2.29. The first kappa shape index (κ1) is 57.0. The Balaban J connectivity index is -0.000000295. The lowest BCUT2D eigenvalue weighted by Gasteiger charge is -2.38. The van der Waals surface area contributed by atoms with Gasteiger partial charge in [0, 0.05) is 24.8 Å². The highest BCUT2D eigenvalue weighted by molar-refractivity contribution is 5.86. The summed E-state index contributed by atoms with van der Waals surface area (Å²) in [6.45, 7) is 44.4. The number of aliphatic carboxylic acids is 3. The molecule has 10 nitrogen and oxygen atoms in total. The first-order valence-electron chi connectivity index (χ1n) is 21.4. The van der Waals surface area contributed by atoms with E-state index in [1.165, 1.54) is 169 Å². The van der Waals surface area contributed by atoms with Gasteiger partial charge in [0.15, 0.2) is 0 Å². The molecule has 0 fully saturated rings. The molecule has 1 N–H and O–H groups in total. The zero-order chi connectivity index (χ0) is 41.1. The van der Waals surface area contributed by atoms with Crippen LogP contribution in [-0.4, -0.2) is 121 Å². The van der Waals surface area contributed by atoms with Crippen LogP contribution in [0.3, 0.4) is 0 Å². The first-order chi connectivity index (χ1) is 24.5. The van der Waals surface area contributed by atoms with Crippen LogP contribution in [0.15, 0.2) is 0 Å². The smallest absolute Gasteiger partial charge is 0.114 e. The highest BCUT2D eigenvalue weighted by atomic mass is 16.4. The summed E-state index contributed by atoms with van der Waals surface area (Å²) in [6.07, 6.45) is 13.3. The van der Waals surface area contributed by atoms with Crippen molar-refractivity contribution in [1.29, 1.82) is 0 Å². The van der Waals surface area contributed by atoms with Crippen molar-refractivity contribution in [3.05, 3.63) is 0 Å². The minimum absolute atomic E-state index is 1.33.